The fourth-order valence-corrected chi connectivity index (χ4v) is 1.79. The van der Waals surface area contributed by atoms with Crippen molar-refractivity contribution in [1.29, 1.82) is 0 Å². The van der Waals surface area contributed by atoms with Crippen LogP contribution in [0, 0.1) is 0 Å². The standard InChI is InChI=1S/C11H16N4O/c1-2-12-10-8-13-9(7-14-10)11(16)15-5-3-4-6-15/h7-8H,2-6H2,1H3,(H,12,14). The fourth-order valence-electron chi connectivity index (χ4n) is 1.79. The van der Waals surface area contributed by atoms with Crippen LogP contribution in [0.5, 0.6) is 0 Å². The number of hydrogen-bond acceptors (Lipinski definition) is 4. The van der Waals surface area contributed by atoms with Gasteiger partial charge in [0.1, 0.15) is 11.5 Å². The van der Waals surface area contributed by atoms with Crippen LogP contribution in [0.25, 0.3) is 0 Å². The quantitative estimate of drug-likeness (QED) is 0.830. The average Bonchev–Trinajstić information content (AvgIpc) is 2.83. The number of carbonyl (C=O) groups is 1. The molecule has 86 valence electrons. The maximum Gasteiger partial charge on any atom is 0.274 e. The third-order valence-corrected chi connectivity index (χ3v) is 2.62. The molecule has 1 aromatic rings. The van der Waals surface area contributed by atoms with Gasteiger partial charge in [-0.15, -0.1) is 0 Å². The van der Waals surface area contributed by atoms with Crippen LogP contribution in [0.2, 0.25) is 0 Å². The van der Waals surface area contributed by atoms with Crippen molar-refractivity contribution in [3.05, 3.63) is 18.1 Å². The van der Waals surface area contributed by atoms with E-state index in [1.165, 1.54) is 0 Å². The van der Waals surface area contributed by atoms with Gasteiger partial charge in [0.05, 0.1) is 12.4 Å². The molecule has 0 radical (unpaired) electrons. The molecule has 1 N–H and O–H groups in total. The topological polar surface area (TPSA) is 58.1 Å². The second-order valence-corrected chi connectivity index (χ2v) is 3.82. The minimum atomic E-state index is -0.00644. The molecule has 2 rings (SSSR count). The first-order chi connectivity index (χ1) is 7.81. The summed E-state index contributed by atoms with van der Waals surface area (Å²) in [5.41, 5.74) is 0.434. The SMILES string of the molecule is CCNc1cnc(C(=O)N2CCCC2)cn1. The zero-order valence-corrected chi connectivity index (χ0v) is 9.44. The molecule has 1 fully saturated rings. The highest BCUT2D eigenvalue weighted by molar-refractivity contribution is 5.92. The molecular formula is C11H16N4O. The first kappa shape index (κ1) is 10.9. The lowest BCUT2D eigenvalue weighted by molar-refractivity contribution is 0.0786. The molecule has 1 aromatic heterocycles. The lowest BCUT2D eigenvalue weighted by Crippen LogP contribution is -2.28. The van der Waals surface area contributed by atoms with Crippen molar-refractivity contribution in [2.24, 2.45) is 0 Å². The summed E-state index contributed by atoms with van der Waals surface area (Å²) < 4.78 is 0. The van der Waals surface area contributed by atoms with Gasteiger partial charge < -0.3 is 10.2 Å². The Kier molecular flexibility index (Phi) is 3.34. The van der Waals surface area contributed by atoms with Gasteiger partial charge in [-0.3, -0.25) is 4.79 Å². The van der Waals surface area contributed by atoms with Crippen molar-refractivity contribution in [2.45, 2.75) is 19.8 Å². The van der Waals surface area contributed by atoms with Gasteiger partial charge in [-0.1, -0.05) is 0 Å². The molecular weight excluding hydrogens is 204 g/mol. The van der Waals surface area contributed by atoms with Gasteiger partial charge in [-0.05, 0) is 19.8 Å². The molecule has 1 saturated heterocycles. The van der Waals surface area contributed by atoms with Gasteiger partial charge >= 0.3 is 0 Å². The third-order valence-electron chi connectivity index (χ3n) is 2.62. The van der Waals surface area contributed by atoms with Crippen LogP contribution in [0.15, 0.2) is 12.4 Å². The molecule has 1 amide bonds. The highest BCUT2D eigenvalue weighted by Gasteiger charge is 2.20. The lowest BCUT2D eigenvalue weighted by Gasteiger charge is -2.14. The van der Waals surface area contributed by atoms with Crippen molar-refractivity contribution in [2.75, 3.05) is 25.0 Å². The van der Waals surface area contributed by atoms with E-state index >= 15 is 0 Å². The maximum atomic E-state index is 11.9. The summed E-state index contributed by atoms with van der Waals surface area (Å²) >= 11 is 0. The van der Waals surface area contributed by atoms with Gasteiger partial charge in [-0.2, -0.15) is 0 Å². The van der Waals surface area contributed by atoms with Crippen molar-refractivity contribution >= 4 is 11.7 Å². The van der Waals surface area contributed by atoms with Crippen LogP contribution in [0.3, 0.4) is 0 Å². The van der Waals surface area contributed by atoms with E-state index in [2.05, 4.69) is 15.3 Å². The van der Waals surface area contributed by atoms with Crippen molar-refractivity contribution < 1.29 is 4.79 Å². The number of nitrogens with one attached hydrogen (secondary N) is 1. The first-order valence-electron chi connectivity index (χ1n) is 5.66. The van der Waals surface area contributed by atoms with Crippen molar-refractivity contribution in [1.82, 2.24) is 14.9 Å². The van der Waals surface area contributed by atoms with Crippen LogP contribution in [-0.2, 0) is 0 Å². The number of rotatable bonds is 3. The molecule has 0 unspecified atom stereocenters. The zero-order valence-electron chi connectivity index (χ0n) is 9.44. The predicted molar refractivity (Wildman–Crippen MR) is 61.3 cm³/mol. The van der Waals surface area contributed by atoms with E-state index < -0.39 is 0 Å². The summed E-state index contributed by atoms with van der Waals surface area (Å²) in [6.07, 6.45) is 5.33. The molecule has 0 aromatic carbocycles. The minimum Gasteiger partial charge on any atom is -0.369 e. The molecule has 0 spiro atoms. The molecule has 0 atom stereocenters. The molecule has 0 bridgehead atoms. The summed E-state index contributed by atoms with van der Waals surface area (Å²) in [5.74, 6) is 0.702. The molecule has 0 saturated carbocycles. The number of hydrogen-bond donors (Lipinski definition) is 1. The smallest absolute Gasteiger partial charge is 0.274 e. The summed E-state index contributed by atoms with van der Waals surface area (Å²) in [6.45, 7) is 4.48. The van der Waals surface area contributed by atoms with E-state index in [1.807, 2.05) is 11.8 Å². The maximum absolute atomic E-state index is 11.9. The Hall–Kier alpha value is -1.65. The molecule has 1 aliphatic rings. The molecule has 5 nitrogen and oxygen atoms in total. The van der Waals surface area contributed by atoms with E-state index in [1.54, 1.807) is 12.4 Å². The molecule has 16 heavy (non-hydrogen) atoms. The van der Waals surface area contributed by atoms with E-state index in [0.717, 1.165) is 32.5 Å². The van der Waals surface area contributed by atoms with Crippen LogP contribution in [0.1, 0.15) is 30.3 Å². The second-order valence-electron chi connectivity index (χ2n) is 3.82. The van der Waals surface area contributed by atoms with E-state index in [9.17, 15) is 4.79 Å². The normalized spacial score (nSPS) is 15.2. The fraction of sp³-hybridized carbons (Fsp3) is 0.545. The molecule has 0 aliphatic carbocycles. The van der Waals surface area contributed by atoms with Gasteiger partial charge in [-0.25, -0.2) is 9.97 Å². The van der Waals surface area contributed by atoms with Gasteiger partial charge in [0.25, 0.3) is 5.91 Å². The first-order valence-corrected chi connectivity index (χ1v) is 5.66. The summed E-state index contributed by atoms with van der Waals surface area (Å²) in [5, 5.41) is 3.04. The number of likely N-dealkylation sites (tertiary alicyclic amines) is 1. The Morgan fingerprint density at radius 2 is 2.12 bits per heavy atom. The highest BCUT2D eigenvalue weighted by Crippen LogP contribution is 2.11. The van der Waals surface area contributed by atoms with Gasteiger partial charge in [0, 0.05) is 19.6 Å². The van der Waals surface area contributed by atoms with Crippen LogP contribution < -0.4 is 5.32 Å². The van der Waals surface area contributed by atoms with E-state index in [-0.39, 0.29) is 5.91 Å². The number of aromatic nitrogens is 2. The van der Waals surface area contributed by atoms with Crippen LogP contribution in [0.4, 0.5) is 5.82 Å². The van der Waals surface area contributed by atoms with E-state index in [4.69, 9.17) is 0 Å². The lowest BCUT2D eigenvalue weighted by atomic mass is 10.4. The summed E-state index contributed by atoms with van der Waals surface area (Å²) in [6, 6.07) is 0. The predicted octanol–water partition coefficient (Wildman–Crippen LogP) is 1.14. The van der Waals surface area contributed by atoms with Crippen LogP contribution >= 0.6 is 0 Å². The summed E-state index contributed by atoms with van der Waals surface area (Å²) in [4.78, 5) is 22.0. The monoisotopic (exact) mass is 220 g/mol. The third kappa shape index (κ3) is 2.29. The second kappa shape index (κ2) is 4.92. The molecule has 2 heterocycles. The summed E-state index contributed by atoms with van der Waals surface area (Å²) in [7, 11) is 0. The number of anilines is 1. The van der Waals surface area contributed by atoms with Crippen LogP contribution in [-0.4, -0.2) is 40.4 Å². The Labute approximate surface area is 94.9 Å². The van der Waals surface area contributed by atoms with E-state index in [0.29, 0.717) is 11.5 Å². The van der Waals surface area contributed by atoms with Crippen molar-refractivity contribution in [3.63, 3.8) is 0 Å². The largest absolute Gasteiger partial charge is 0.369 e. The number of carbonyl (C=O) groups excluding carboxylic acids is 1. The minimum absolute atomic E-state index is 0.00644. The Balaban J connectivity index is 2.05. The molecule has 5 heteroatoms. The number of nitrogens with zero attached hydrogens (tertiary/aromatic N) is 3. The van der Waals surface area contributed by atoms with Crippen molar-refractivity contribution in [3.8, 4) is 0 Å². The highest BCUT2D eigenvalue weighted by atomic mass is 16.2. The van der Waals surface area contributed by atoms with Gasteiger partial charge in [0.15, 0.2) is 0 Å². The molecule has 1 aliphatic heterocycles. The zero-order chi connectivity index (χ0) is 11.4. The average molecular weight is 220 g/mol. The Morgan fingerprint density at radius 1 is 1.38 bits per heavy atom. The Morgan fingerprint density at radius 3 is 2.69 bits per heavy atom. The van der Waals surface area contributed by atoms with Gasteiger partial charge in [0.2, 0.25) is 0 Å². The Bertz CT molecular complexity index is 357. The number of amides is 1.